The SMILES string of the molecule is O=C(O)N1CCCCC1Nc1cc(Cl)ncn1. The van der Waals surface area contributed by atoms with Gasteiger partial charge < -0.3 is 10.4 Å². The zero-order chi connectivity index (χ0) is 12.3. The number of piperidine rings is 1. The summed E-state index contributed by atoms with van der Waals surface area (Å²) < 4.78 is 0. The standard InChI is InChI=1S/C10H13ClN4O2/c11-7-5-8(13-6-12-7)14-9-3-1-2-4-15(9)10(16)17/h5-6,9H,1-4H2,(H,16,17)(H,12,13,14). The number of halogens is 1. The molecule has 6 nitrogen and oxygen atoms in total. The van der Waals surface area contributed by atoms with Crippen molar-refractivity contribution >= 4 is 23.5 Å². The van der Waals surface area contributed by atoms with Gasteiger partial charge in [0.05, 0.1) is 0 Å². The topological polar surface area (TPSA) is 78.4 Å². The molecule has 1 unspecified atom stereocenters. The quantitative estimate of drug-likeness (QED) is 0.792. The van der Waals surface area contributed by atoms with Crippen molar-refractivity contribution in [3.8, 4) is 0 Å². The zero-order valence-corrected chi connectivity index (χ0v) is 9.89. The normalized spacial score (nSPS) is 20.1. The Kier molecular flexibility index (Phi) is 3.63. The molecular weight excluding hydrogens is 244 g/mol. The summed E-state index contributed by atoms with van der Waals surface area (Å²) in [6.07, 6.45) is 2.86. The molecule has 1 aliphatic heterocycles. The number of hydrogen-bond acceptors (Lipinski definition) is 4. The number of carbonyl (C=O) groups is 1. The molecule has 92 valence electrons. The van der Waals surface area contributed by atoms with E-state index in [-0.39, 0.29) is 6.17 Å². The molecule has 0 saturated carbocycles. The fraction of sp³-hybridized carbons (Fsp3) is 0.500. The van der Waals surface area contributed by atoms with E-state index in [1.54, 1.807) is 6.07 Å². The van der Waals surface area contributed by atoms with Crippen LogP contribution in [0.5, 0.6) is 0 Å². The molecule has 1 atom stereocenters. The van der Waals surface area contributed by atoms with Crippen LogP contribution in [0.3, 0.4) is 0 Å². The predicted octanol–water partition coefficient (Wildman–Crippen LogP) is 2.03. The summed E-state index contributed by atoms with van der Waals surface area (Å²) >= 11 is 5.74. The van der Waals surface area contributed by atoms with Crippen molar-refractivity contribution < 1.29 is 9.90 Å². The number of carboxylic acid groups (broad SMARTS) is 1. The second-order valence-corrected chi connectivity index (χ2v) is 4.25. The van der Waals surface area contributed by atoms with E-state index in [1.165, 1.54) is 11.2 Å². The molecule has 0 bridgehead atoms. The highest BCUT2D eigenvalue weighted by Crippen LogP contribution is 2.19. The van der Waals surface area contributed by atoms with Crippen LogP contribution < -0.4 is 5.32 Å². The number of rotatable bonds is 2. The van der Waals surface area contributed by atoms with Crippen LogP contribution >= 0.6 is 11.6 Å². The fourth-order valence-electron chi connectivity index (χ4n) is 1.89. The molecule has 17 heavy (non-hydrogen) atoms. The van der Waals surface area contributed by atoms with Crippen LogP contribution in [0.1, 0.15) is 19.3 Å². The molecule has 0 spiro atoms. The van der Waals surface area contributed by atoms with Crippen LogP contribution in [-0.2, 0) is 0 Å². The number of amides is 1. The van der Waals surface area contributed by atoms with Gasteiger partial charge in [0.15, 0.2) is 0 Å². The molecule has 0 aliphatic carbocycles. The summed E-state index contributed by atoms with van der Waals surface area (Å²) in [5.41, 5.74) is 0. The highest BCUT2D eigenvalue weighted by molar-refractivity contribution is 6.29. The van der Waals surface area contributed by atoms with Crippen LogP contribution in [0.25, 0.3) is 0 Å². The Morgan fingerprint density at radius 3 is 3.06 bits per heavy atom. The van der Waals surface area contributed by atoms with Crippen LogP contribution in [0.2, 0.25) is 5.15 Å². The fourth-order valence-corrected chi connectivity index (χ4v) is 2.04. The monoisotopic (exact) mass is 256 g/mol. The molecule has 1 fully saturated rings. The van der Waals surface area contributed by atoms with Gasteiger partial charge in [0.2, 0.25) is 0 Å². The van der Waals surface area contributed by atoms with Crippen molar-refractivity contribution in [2.45, 2.75) is 25.4 Å². The van der Waals surface area contributed by atoms with Gasteiger partial charge in [-0.1, -0.05) is 11.6 Å². The van der Waals surface area contributed by atoms with E-state index in [2.05, 4.69) is 15.3 Å². The minimum absolute atomic E-state index is 0.243. The van der Waals surface area contributed by atoms with Gasteiger partial charge >= 0.3 is 6.09 Å². The van der Waals surface area contributed by atoms with E-state index in [0.717, 1.165) is 19.3 Å². The van der Waals surface area contributed by atoms with Crippen molar-refractivity contribution in [2.24, 2.45) is 0 Å². The summed E-state index contributed by atoms with van der Waals surface area (Å²) in [5.74, 6) is 0.545. The minimum Gasteiger partial charge on any atom is -0.465 e. The first kappa shape index (κ1) is 11.9. The van der Waals surface area contributed by atoms with E-state index in [9.17, 15) is 4.79 Å². The summed E-state index contributed by atoms with van der Waals surface area (Å²) in [7, 11) is 0. The number of hydrogen-bond donors (Lipinski definition) is 2. The molecule has 1 aromatic rings. The molecule has 2 rings (SSSR count). The zero-order valence-electron chi connectivity index (χ0n) is 9.14. The summed E-state index contributed by atoms with van der Waals surface area (Å²) in [5, 5.41) is 12.5. The number of aromatic nitrogens is 2. The molecule has 1 aromatic heterocycles. The van der Waals surface area contributed by atoms with E-state index in [0.29, 0.717) is 17.5 Å². The van der Waals surface area contributed by atoms with Gasteiger partial charge in [-0.15, -0.1) is 0 Å². The molecule has 2 heterocycles. The van der Waals surface area contributed by atoms with Gasteiger partial charge in [0.25, 0.3) is 0 Å². The summed E-state index contributed by atoms with van der Waals surface area (Å²) in [6.45, 7) is 0.547. The average Bonchev–Trinajstić information content (AvgIpc) is 2.29. The number of nitrogens with zero attached hydrogens (tertiary/aromatic N) is 3. The Morgan fingerprint density at radius 1 is 1.53 bits per heavy atom. The first-order valence-corrected chi connectivity index (χ1v) is 5.78. The summed E-state index contributed by atoms with van der Waals surface area (Å²) in [6, 6.07) is 1.58. The first-order valence-electron chi connectivity index (χ1n) is 5.40. The van der Waals surface area contributed by atoms with Crippen LogP contribution in [0, 0.1) is 0 Å². The maximum Gasteiger partial charge on any atom is 0.408 e. The lowest BCUT2D eigenvalue weighted by atomic mass is 10.1. The maximum absolute atomic E-state index is 11.0. The third-order valence-electron chi connectivity index (χ3n) is 2.70. The number of anilines is 1. The first-order chi connectivity index (χ1) is 8.16. The molecule has 1 saturated heterocycles. The smallest absolute Gasteiger partial charge is 0.408 e. The van der Waals surface area contributed by atoms with Crippen LogP contribution in [-0.4, -0.2) is 38.8 Å². The Labute approximate surface area is 104 Å². The average molecular weight is 257 g/mol. The molecule has 0 aromatic carbocycles. The van der Waals surface area contributed by atoms with Crippen molar-refractivity contribution in [1.82, 2.24) is 14.9 Å². The van der Waals surface area contributed by atoms with Gasteiger partial charge in [0.1, 0.15) is 23.5 Å². The highest BCUT2D eigenvalue weighted by Gasteiger charge is 2.26. The Hall–Kier alpha value is -1.56. The van der Waals surface area contributed by atoms with E-state index in [4.69, 9.17) is 16.7 Å². The maximum atomic E-state index is 11.0. The molecular formula is C10H13ClN4O2. The Morgan fingerprint density at radius 2 is 2.35 bits per heavy atom. The molecule has 1 amide bonds. The Bertz CT molecular complexity index is 415. The minimum atomic E-state index is -0.914. The van der Waals surface area contributed by atoms with Crippen molar-refractivity contribution in [1.29, 1.82) is 0 Å². The second-order valence-electron chi connectivity index (χ2n) is 3.86. The predicted molar refractivity (Wildman–Crippen MR) is 63.0 cm³/mol. The molecule has 1 aliphatic rings. The number of likely N-dealkylation sites (tertiary alicyclic amines) is 1. The lowest BCUT2D eigenvalue weighted by Crippen LogP contribution is -2.47. The van der Waals surface area contributed by atoms with Crippen LogP contribution in [0.15, 0.2) is 12.4 Å². The van der Waals surface area contributed by atoms with Crippen molar-refractivity contribution in [3.63, 3.8) is 0 Å². The van der Waals surface area contributed by atoms with Gasteiger partial charge in [-0.3, -0.25) is 4.90 Å². The van der Waals surface area contributed by atoms with E-state index < -0.39 is 6.09 Å². The molecule has 2 N–H and O–H groups in total. The molecule has 0 radical (unpaired) electrons. The largest absolute Gasteiger partial charge is 0.465 e. The third-order valence-corrected chi connectivity index (χ3v) is 2.90. The molecule has 7 heteroatoms. The van der Waals surface area contributed by atoms with Crippen LogP contribution in [0.4, 0.5) is 10.6 Å². The Balaban J connectivity index is 2.08. The van der Waals surface area contributed by atoms with Crippen molar-refractivity contribution in [2.75, 3.05) is 11.9 Å². The lowest BCUT2D eigenvalue weighted by molar-refractivity contribution is 0.114. The van der Waals surface area contributed by atoms with Gasteiger partial charge in [-0.2, -0.15) is 0 Å². The van der Waals surface area contributed by atoms with Crippen molar-refractivity contribution in [3.05, 3.63) is 17.5 Å². The highest BCUT2D eigenvalue weighted by atomic mass is 35.5. The van der Waals surface area contributed by atoms with E-state index >= 15 is 0 Å². The van der Waals surface area contributed by atoms with E-state index in [1.807, 2.05) is 0 Å². The summed E-state index contributed by atoms with van der Waals surface area (Å²) in [4.78, 5) is 20.2. The van der Waals surface area contributed by atoms with Gasteiger partial charge in [0, 0.05) is 12.6 Å². The van der Waals surface area contributed by atoms with Gasteiger partial charge in [-0.25, -0.2) is 14.8 Å². The second kappa shape index (κ2) is 5.18. The number of nitrogens with one attached hydrogen (secondary N) is 1. The van der Waals surface area contributed by atoms with Gasteiger partial charge in [-0.05, 0) is 19.3 Å². The third kappa shape index (κ3) is 2.97. The lowest BCUT2D eigenvalue weighted by Gasteiger charge is -2.34.